The van der Waals surface area contributed by atoms with Gasteiger partial charge in [-0.2, -0.15) is 0 Å². The number of benzene rings is 2. The minimum Gasteiger partial charge on any atom is -0.396 e. The Morgan fingerprint density at radius 2 is 1.81 bits per heavy atom. The van der Waals surface area contributed by atoms with Gasteiger partial charge in [0.05, 0.1) is 5.57 Å². The van der Waals surface area contributed by atoms with Crippen molar-refractivity contribution in [3.63, 3.8) is 0 Å². The van der Waals surface area contributed by atoms with E-state index in [1.807, 2.05) is 12.1 Å². The van der Waals surface area contributed by atoms with Crippen LogP contribution in [0.2, 0.25) is 0 Å². The van der Waals surface area contributed by atoms with Crippen molar-refractivity contribution in [2.45, 2.75) is 19.4 Å². The molecule has 0 aliphatic carbocycles. The summed E-state index contributed by atoms with van der Waals surface area (Å²) < 4.78 is 4.49. The van der Waals surface area contributed by atoms with Crippen molar-refractivity contribution in [2.24, 2.45) is 13.0 Å². The number of aromatic nitrogens is 2. The molecule has 0 saturated carbocycles. The van der Waals surface area contributed by atoms with E-state index < -0.39 is 0 Å². The highest BCUT2D eigenvalue weighted by Gasteiger charge is 2.33. The second kappa shape index (κ2) is 6.86. The molecule has 0 saturated heterocycles. The molecule has 2 aromatic heterocycles. The second-order valence-corrected chi connectivity index (χ2v) is 8.74. The molecule has 1 unspecified atom stereocenters. The van der Waals surface area contributed by atoms with E-state index in [1.54, 1.807) is 0 Å². The molecule has 0 bridgehead atoms. The first-order valence-corrected chi connectivity index (χ1v) is 10.9. The quantitative estimate of drug-likeness (QED) is 0.540. The van der Waals surface area contributed by atoms with Crippen molar-refractivity contribution in [2.75, 3.05) is 13.2 Å². The van der Waals surface area contributed by atoms with E-state index >= 15 is 0 Å². The molecule has 5 heteroatoms. The Hall–Kier alpha value is -3.31. The van der Waals surface area contributed by atoms with Gasteiger partial charge in [0.25, 0.3) is 5.91 Å². The fourth-order valence-corrected chi connectivity index (χ4v) is 5.50. The van der Waals surface area contributed by atoms with Gasteiger partial charge >= 0.3 is 0 Å². The van der Waals surface area contributed by atoms with E-state index in [1.165, 1.54) is 16.6 Å². The lowest BCUT2D eigenvalue weighted by molar-refractivity contribution is -0.114. The van der Waals surface area contributed by atoms with E-state index in [2.05, 4.69) is 64.1 Å². The van der Waals surface area contributed by atoms with Crippen LogP contribution < -0.4 is 5.32 Å². The van der Waals surface area contributed by atoms with Crippen molar-refractivity contribution in [1.82, 2.24) is 14.5 Å². The smallest absolute Gasteiger partial charge is 0.252 e. The van der Waals surface area contributed by atoms with Crippen LogP contribution in [0.3, 0.4) is 0 Å². The lowest BCUT2D eigenvalue weighted by Gasteiger charge is -2.24. The van der Waals surface area contributed by atoms with Crippen LogP contribution in [-0.4, -0.2) is 33.3 Å². The fourth-order valence-electron chi connectivity index (χ4n) is 5.50. The van der Waals surface area contributed by atoms with Crippen LogP contribution in [0.1, 0.15) is 23.2 Å². The van der Waals surface area contributed by atoms with Crippen molar-refractivity contribution in [1.29, 1.82) is 0 Å². The van der Waals surface area contributed by atoms with Gasteiger partial charge in [-0.1, -0.05) is 36.4 Å². The maximum atomic E-state index is 13.2. The van der Waals surface area contributed by atoms with Gasteiger partial charge in [-0.15, -0.1) is 0 Å². The molecule has 4 aromatic rings. The van der Waals surface area contributed by atoms with Crippen LogP contribution in [0.5, 0.6) is 0 Å². The number of carbonyl (C=O) groups is 1. The topological polar surface area (TPSA) is 59.2 Å². The molecule has 1 atom stereocenters. The minimum atomic E-state index is -0.00629. The fraction of sp³-hybridized carbons (Fsp3) is 0.269. The van der Waals surface area contributed by atoms with Gasteiger partial charge in [0.15, 0.2) is 0 Å². The summed E-state index contributed by atoms with van der Waals surface area (Å²) >= 11 is 0. The Bertz CT molecular complexity index is 1390. The van der Waals surface area contributed by atoms with Crippen LogP contribution in [-0.2, 0) is 24.8 Å². The Labute approximate surface area is 180 Å². The SMILES string of the molecule is Cn1cc(C2=C(c3c4n(c5ccccc35)CCC(CO)C4)C(=O)NC2)c2ccccc21. The number of aliphatic hydroxyl groups excluding tert-OH is 1. The molecule has 2 aromatic carbocycles. The van der Waals surface area contributed by atoms with Crippen molar-refractivity contribution < 1.29 is 9.90 Å². The first-order chi connectivity index (χ1) is 15.2. The Morgan fingerprint density at radius 1 is 1.06 bits per heavy atom. The van der Waals surface area contributed by atoms with Crippen LogP contribution in [0.25, 0.3) is 33.0 Å². The molecular formula is C26H25N3O2. The first kappa shape index (κ1) is 18.5. The van der Waals surface area contributed by atoms with E-state index in [9.17, 15) is 9.90 Å². The number of aryl methyl sites for hydroxylation is 2. The van der Waals surface area contributed by atoms with Crippen LogP contribution >= 0.6 is 0 Å². The van der Waals surface area contributed by atoms with Gasteiger partial charge < -0.3 is 19.6 Å². The molecule has 156 valence electrons. The number of aliphatic hydroxyl groups is 1. The zero-order valence-corrected chi connectivity index (χ0v) is 17.6. The summed E-state index contributed by atoms with van der Waals surface area (Å²) in [5.74, 6) is 0.231. The van der Waals surface area contributed by atoms with Gasteiger partial charge in [0.2, 0.25) is 0 Å². The van der Waals surface area contributed by atoms with Gasteiger partial charge in [0, 0.05) is 71.6 Å². The van der Waals surface area contributed by atoms with Gasteiger partial charge in [-0.25, -0.2) is 0 Å². The zero-order valence-electron chi connectivity index (χ0n) is 17.6. The number of hydrogen-bond donors (Lipinski definition) is 2. The summed E-state index contributed by atoms with van der Waals surface area (Å²) in [5, 5.41) is 15.2. The minimum absolute atomic E-state index is 0.00629. The average Bonchev–Trinajstić information content (AvgIpc) is 3.44. The third-order valence-corrected chi connectivity index (χ3v) is 7.01. The zero-order chi connectivity index (χ0) is 21.1. The Kier molecular flexibility index (Phi) is 4.08. The summed E-state index contributed by atoms with van der Waals surface area (Å²) in [6.45, 7) is 1.59. The van der Waals surface area contributed by atoms with E-state index in [-0.39, 0.29) is 18.4 Å². The number of para-hydroxylation sites is 2. The third-order valence-electron chi connectivity index (χ3n) is 7.01. The number of fused-ring (bicyclic) bond motifs is 4. The summed E-state index contributed by atoms with van der Waals surface area (Å²) in [4.78, 5) is 13.2. The molecule has 2 N–H and O–H groups in total. The Balaban J connectivity index is 1.67. The third kappa shape index (κ3) is 2.63. The first-order valence-electron chi connectivity index (χ1n) is 10.9. The number of rotatable bonds is 3. The normalized spacial score (nSPS) is 18.8. The summed E-state index contributed by atoms with van der Waals surface area (Å²) in [5.41, 5.74) is 7.53. The summed E-state index contributed by atoms with van der Waals surface area (Å²) in [6, 6.07) is 16.7. The predicted octanol–water partition coefficient (Wildman–Crippen LogP) is 3.73. The molecule has 31 heavy (non-hydrogen) atoms. The van der Waals surface area contributed by atoms with Crippen molar-refractivity contribution >= 4 is 38.9 Å². The van der Waals surface area contributed by atoms with Gasteiger partial charge in [-0.05, 0) is 36.5 Å². The number of amides is 1. The molecule has 2 aliphatic heterocycles. The molecule has 2 aliphatic rings. The van der Waals surface area contributed by atoms with Gasteiger partial charge in [0.1, 0.15) is 0 Å². The second-order valence-electron chi connectivity index (χ2n) is 8.74. The maximum Gasteiger partial charge on any atom is 0.252 e. The highest BCUT2D eigenvalue weighted by Crippen LogP contribution is 2.42. The molecule has 1 amide bonds. The molecule has 0 radical (unpaired) electrons. The lowest BCUT2D eigenvalue weighted by atomic mass is 9.89. The number of hydrogen-bond acceptors (Lipinski definition) is 2. The summed E-state index contributed by atoms with van der Waals surface area (Å²) in [6.07, 6.45) is 3.89. The van der Waals surface area contributed by atoms with Crippen LogP contribution in [0, 0.1) is 5.92 Å². The molecule has 4 heterocycles. The van der Waals surface area contributed by atoms with Crippen molar-refractivity contribution in [3.05, 3.63) is 71.5 Å². The molecular weight excluding hydrogens is 386 g/mol. The van der Waals surface area contributed by atoms with Crippen LogP contribution in [0.15, 0.2) is 54.7 Å². The highest BCUT2D eigenvalue weighted by molar-refractivity contribution is 6.33. The maximum absolute atomic E-state index is 13.2. The predicted molar refractivity (Wildman–Crippen MR) is 124 cm³/mol. The van der Waals surface area contributed by atoms with E-state index in [0.29, 0.717) is 6.54 Å². The monoisotopic (exact) mass is 411 g/mol. The molecule has 0 spiro atoms. The molecule has 5 nitrogen and oxygen atoms in total. The number of carbonyl (C=O) groups excluding carboxylic acids is 1. The largest absolute Gasteiger partial charge is 0.396 e. The number of nitrogens with one attached hydrogen (secondary N) is 1. The Morgan fingerprint density at radius 3 is 2.61 bits per heavy atom. The number of nitrogens with zero attached hydrogens (tertiary/aromatic N) is 2. The molecule has 0 fully saturated rings. The highest BCUT2D eigenvalue weighted by atomic mass is 16.3. The summed E-state index contributed by atoms with van der Waals surface area (Å²) in [7, 11) is 2.05. The van der Waals surface area contributed by atoms with Crippen molar-refractivity contribution in [3.8, 4) is 0 Å². The average molecular weight is 412 g/mol. The molecule has 6 rings (SSSR count). The standard InChI is InChI=1S/C26H25N3O2/c1-28-14-20(17-6-2-4-8-21(17)28)19-13-27-26(31)25(19)24-18-7-3-5-9-22(18)29-11-10-16(15-30)12-23(24)29/h2-9,14,16,30H,10-13,15H2,1H3,(H,27,31). The van der Waals surface area contributed by atoms with Crippen LogP contribution in [0.4, 0.5) is 0 Å². The van der Waals surface area contributed by atoms with E-state index in [0.717, 1.165) is 52.6 Å². The lowest BCUT2D eigenvalue weighted by Crippen LogP contribution is -2.23. The van der Waals surface area contributed by atoms with E-state index in [4.69, 9.17) is 0 Å². The van der Waals surface area contributed by atoms with Gasteiger partial charge in [-0.3, -0.25) is 4.79 Å².